The molecular weight excluding hydrogens is 318 g/mol. The van der Waals surface area contributed by atoms with E-state index >= 15 is 0 Å². The third kappa shape index (κ3) is 4.06. The van der Waals surface area contributed by atoms with Crippen LogP contribution in [0, 0.1) is 13.8 Å². The lowest BCUT2D eigenvalue weighted by molar-refractivity contribution is 0.249. The van der Waals surface area contributed by atoms with Crippen LogP contribution in [0.1, 0.15) is 23.9 Å². The Morgan fingerprint density at radius 2 is 2.00 bits per heavy atom. The van der Waals surface area contributed by atoms with Crippen molar-refractivity contribution in [2.24, 2.45) is 0 Å². The Morgan fingerprint density at radius 3 is 2.68 bits per heavy atom. The zero-order valence-electron chi connectivity index (χ0n) is 14.5. The lowest BCUT2D eigenvalue weighted by Gasteiger charge is -2.13. The Morgan fingerprint density at radius 1 is 1.24 bits per heavy atom. The maximum Gasteiger partial charge on any atom is 0.320 e. The van der Waals surface area contributed by atoms with E-state index < -0.39 is 0 Å². The van der Waals surface area contributed by atoms with Gasteiger partial charge in [-0.05, 0) is 39.3 Å². The van der Waals surface area contributed by atoms with Crippen LogP contribution < -0.4 is 10.6 Å². The molecule has 130 valence electrons. The number of carbonyl (C=O) groups excluding carboxylic acids is 1. The number of rotatable bonds is 5. The topological polar surface area (TPSA) is 85.0 Å². The summed E-state index contributed by atoms with van der Waals surface area (Å²) in [5.41, 5.74) is 2.82. The summed E-state index contributed by atoms with van der Waals surface area (Å²) in [5, 5.41) is 13.9. The minimum Gasteiger partial charge on any atom is -0.361 e. The zero-order valence-corrected chi connectivity index (χ0v) is 14.5. The molecule has 3 rings (SSSR count). The highest BCUT2D eigenvalue weighted by Gasteiger charge is 2.15. The average Bonchev–Trinajstić information content (AvgIpc) is 3.17. The van der Waals surface area contributed by atoms with Gasteiger partial charge in [-0.3, -0.25) is 5.32 Å². The molecule has 1 aromatic carbocycles. The molecule has 0 saturated carbocycles. The number of urea groups is 1. The maximum absolute atomic E-state index is 12.2. The van der Waals surface area contributed by atoms with Crippen LogP contribution in [0.3, 0.4) is 0 Å². The number of hydrogen-bond donors (Lipinski definition) is 2. The van der Waals surface area contributed by atoms with Crippen LogP contribution >= 0.6 is 0 Å². The molecule has 1 atom stereocenters. The highest BCUT2D eigenvalue weighted by atomic mass is 16.5. The molecule has 0 aliphatic rings. The van der Waals surface area contributed by atoms with E-state index in [1.54, 1.807) is 16.9 Å². The molecule has 0 saturated heterocycles. The van der Waals surface area contributed by atoms with E-state index in [9.17, 15) is 4.79 Å². The van der Waals surface area contributed by atoms with Crippen LogP contribution in [0.25, 0.3) is 5.69 Å². The summed E-state index contributed by atoms with van der Waals surface area (Å²) in [6, 6.07) is 11.1. The van der Waals surface area contributed by atoms with Gasteiger partial charge in [0, 0.05) is 23.9 Å². The summed E-state index contributed by atoms with van der Waals surface area (Å²) in [6.45, 7) is 5.71. The number of nitrogens with zero attached hydrogens (tertiary/aromatic N) is 3. The van der Waals surface area contributed by atoms with E-state index in [1.807, 2.05) is 51.1 Å². The molecule has 2 heterocycles. The van der Waals surface area contributed by atoms with Crippen LogP contribution in [0.15, 0.2) is 47.1 Å². The highest BCUT2D eigenvalue weighted by Crippen LogP contribution is 2.14. The van der Waals surface area contributed by atoms with E-state index in [1.165, 1.54) is 0 Å². The predicted octanol–water partition coefficient (Wildman–Crippen LogP) is 3.23. The van der Waals surface area contributed by atoms with Gasteiger partial charge in [0.1, 0.15) is 5.76 Å². The number of hydrogen-bond acceptors (Lipinski definition) is 4. The van der Waals surface area contributed by atoms with Gasteiger partial charge in [-0.15, -0.1) is 5.10 Å². The summed E-state index contributed by atoms with van der Waals surface area (Å²) >= 11 is 0. The molecule has 0 bridgehead atoms. The fourth-order valence-corrected chi connectivity index (χ4v) is 2.64. The molecule has 0 unspecified atom stereocenters. The van der Waals surface area contributed by atoms with E-state index in [2.05, 4.69) is 20.9 Å². The number of aryl methyl sites for hydroxylation is 2. The number of amides is 2. The van der Waals surface area contributed by atoms with E-state index in [0.717, 1.165) is 22.7 Å². The van der Waals surface area contributed by atoms with E-state index in [4.69, 9.17) is 4.52 Å². The quantitative estimate of drug-likeness (QED) is 0.747. The smallest absolute Gasteiger partial charge is 0.320 e. The predicted molar refractivity (Wildman–Crippen MR) is 94.9 cm³/mol. The van der Waals surface area contributed by atoms with Crippen molar-refractivity contribution in [2.45, 2.75) is 33.2 Å². The molecule has 0 fully saturated rings. The van der Waals surface area contributed by atoms with Gasteiger partial charge >= 0.3 is 6.03 Å². The SMILES string of the molecule is Cc1noc(C)c1C[C@H](C)NC(=O)Nc1ccn(-c2ccccc2)n1. The van der Waals surface area contributed by atoms with Crippen molar-refractivity contribution in [2.75, 3.05) is 5.32 Å². The van der Waals surface area contributed by atoms with Crippen molar-refractivity contribution in [3.8, 4) is 5.69 Å². The Balaban J connectivity index is 1.57. The first-order valence-electron chi connectivity index (χ1n) is 8.13. The molecule has 2 amide bonds. The summed E-state index contributed by atoms with van der Waals surface area (Å²) < 4.78 is 6.86. The van der Waals surface area contributed by atoms with Crippen molar-refractivity contribution < 1.29 is 9.32 Å². The van der Waals surface area contributed by atoms with Gasteiger partial charge in [0.25, 0.3) is 0 Å². The molecule has 25 heavy (non-hydrogen) atoms. The van der Waals surface area contributed by atoms with Gasteiger partial charge in [0.05, 0.1) is 11.4 Å². The normalized spacial score (nSPS) is 12.0. The van der Waals surface area contributed by atoms with E-state index in [0.29, 0.717) is 12.2 Å². The second-order valence-electron chi connectivity index (χ2n) is 5.99. The highest BCUT2D eigenvalue weighted by molar-refractivity contribution is 5.88. The molecule has 3 aromatic rings. The molecule has 0 spiro atoms. The molecular formula is C18H21N5O2. The first-order valence-corrected chi connectivity index (χ1v) is 8.13. The first kappa shape index (κ1) is 16.8. The second-order valence-corrected chi connectivity index (χ2v) is 5.99. The third-order valence-electron chi connectivity index (χ3n) is 3.92. The zero-order chi connectivity index (χ0) is 17.8. The third-order valence-corrected chi connectivity index (χ3v) is 3.92. The number of para-hydroxylation sites is 1. The Labute approximate surface area is 146 Å². The van der Waals surface area contributed by atoms with Crippen LogP contribution in [0.5, 0.6) is 0 Å². The summed E-state index contributed by atoms with van der Waals surface area (Å²) in [4.78, 5) is 12.2. The lowest BCUT2D eigenvalue weighted by atomic mass is 10.1. The van der Waals surface area contributed by atoms with Gasteiger partial charge in [-0.2, -0.15) is 0 Å². The molecule has 7 nitrogen and oxygen atoms in total. The number of nitrogens with one attached hydrogen (secondary N) is 2. The van der Waals surface area contributed by atoms with Gasteiger partial charge in [-0.25, -0.2) is 9.48 Å². The monoisotopic (exact) mass is 339 g/mol. The van der Waals surface area contributed by atoms with Crippen molar-refractivity contribution in [3.63, 3.8) is 0 Å². The lowest BCUT2D eigenvalue weighted by Crippen LogP contribution is -2.37. The minimum atomic E-state index is -0.294. The first-order chi connectivity index (χ1) is 12.0. The van der Waals surface area contributed by atoms with E-state index in [-0.39, 0.29) is 12.1 Å². The summed E-state index contributed by atoms with van der Waals surface area (Å²) in [5.74, 6) is 1.28. The second kappa shape index (κ2) is 7.21. The van der Waals surface area contributed by atoms with Crippen molar-refractivity contribution in [3.05, 3.63) is 59.6 Å². The Bertz CT molecular complexity index is 834. The van der Waals surface area contributed by atoms with Gasteiger partial charge in [0.15, 0.2) is 5.82 Å². The Kier molecular flexibility index (Phi) is 4.83. The van der Waals surface area contributed by atoms with Crippen LogP contribution in [0.2, 0.25) is 0 Å². The summed E-state index contributed by atoms with van der Waals surface area (Å²) in [6.07, 6.45) is 2.46. The van der Waals surface area contributed by atoms with Crippen LogP contribution in [-0.4, -0.2) is 27.0 Å². The molecule has 0 aliphatic heterocycles. The summed E-state index contributed by atoms with van der Waals surface area (Å²) in [7, 11) is 0. The molecule has 2 N–H and O–H groups in total. The fraction of sp³-hybridized carbons (Fsp3) is 0.278. The maximum atomic E-state index is 12.2. The molecule has 7 heteroatoms. The van der Waals surface area contributed by atoms with Crippen molar-refractivity contribution in [1.82, 2.24) is 20.3 Å². The van der Waals surface area contributed by atoms with Gasteiger partial charge < -0.3 is 9.84 Å². The minimum absolute atomic E-state index is 0.0620. The number of carbonyl (C=O) groups is 1. The standard InChI is InChI=1S/C18H21N5O2/c1-12(11-16-13(2)22-25-14(16)3)19-18(24)20-17-9-10-23(21-17)15-7-5-4-6-8-15/h4-10,12H,11H2,1-3H3,(H2,19,20,21,24)/t12-/m0/s1. The number of benzene rings is 1. The fourth-order valence-electron chi connectivity index (χ4n) is 2.64. The van der Waals surface area contributed by atoms with Crippen LogP contribution in [-0.2, 0) is 6.42 Å². The van der Waals surface area contributed by atoms with Crippen molar-refractivity contribution >= 4 is 11.8 Å². The Hall–Kier alpha value is -3.09. The van der Waals surface area contributed by atoms with Gasteiger partial charge in [0.2, 0.25) is 0 Å². The molecule has 2 aromatic heterocycles. The number of anilines is 1. The van der Waals surface area contributed by atoms with Crippen LogP contribution in [0.4, 0.5) is 10.6 Å². The van der Waals surface area contributed by atoms with Gasteiger partial charge in [-0.1, -0.05) is 23.4 Å². The average molecular weight is 339 g/mol. The largest absolute Gasteiger partial charge is 0.361 e. The number of aromatic nitrogens is 3. The molecule has 0 aliphatic carbocycles. The van der Waals surface area contributed by atoms with Crippen molar-refractivity contribution in [1.29, 1.82) is 0 Å². The molecule has 0 radical (unpaired) electrons.